The van der Waals surface area contributed by atoms with Crippen LogP contribution in [0.2, 0.25) is 0 Å². The Hall–Kier alpha value is -4.34. The molecule has 0 aliphatic carbocycles. The maximum atomic E-state index is 14.3. The lowest BCUT2D eigenvalue weighted by molar-refractivity contribution is -0.120. The highest BCUT2D eigenvalue weighted by atomic mass is 32.1. The molecule has 38 heavy (non-hydrogen) atoms. The number of nitrogens with zero attached hydrogens (tertiary/aromatic N) is 4. The maximum Gasteiger partial charge on any atom is 0.272 e. The second kappa shape index (κ2) is 9.51. The fourth-order valence-electron chi connectivity index (χ4n) is 3.79. The number of carbonyl (C=O) groups is 2. The summed E-state index contributed by atoms with van der Waals surface area (Å²) in [4.78, 5) is 36.4. The number of likely N-dealkylation sites (N-methyl/N-ethyl adjacent to an activating group) is 1. The molecule has 1 aliphatic rings. The number of aliphatic hydroxyl groups is 1. The van der Waals surface area contributed by atoms with Crippen molar-refractivity contribution in [1.29, 1.82) is 0 Å². The van der Waals surface area contributed by atoms with Crippen molar-refractivity contribution in [3.63, 3.8) is 0 Å². The number of hydrogen-bond donors (Lipinski definition) is 2. The van der Waals surface area contributed by atoms with Gasteiger partial charge in [-0.1, -0.05) is 11.8 Å². The molecular formula is C26H21F2N5O4S. The van der Waals surface area contributed by atoms with E-state index in [4.69, 9.17) is 4.74 Å². The Morgan fingerprint density at radius 1 is 1.32 bits per heavy atom. The molecule has 12 heteroatoms. The van der Waals surface area contributed by atoms with E-state index in [2.05, 4.69) is 27.1 Å². The molecule has 3 aromatic heterocycles. The van der Waals surface area contributed by atoms with Crippen LogP contribution in [0.3, 0.4) is 0 Å². The highest BCUT2D eigenvalue weighted by Crippen LogP contribution is 2.30. The zero-order valence-electron chi connectivity index (χ0n) is 20.5. The van der Waals surface area contributed by atoms with Gasteiger partial charge in [-0.05, 0) is 32.0 Å². The van der Waals surface area contributed by atoms with Crippen LogP contribution in [0.25, 0.3) is 16.2 Å². The third kappa shape index (κ3) is 4.93. The largest absolute Gasteiger partial charge is 0.473 e. The molecule has 2 amide bonds. The van der Waals surface area contributed by atoms with Gasteiger partial charge in [0.25, 0.3) is 11.8 Å². The number of fused-ring (bicyclic) bond motifs is 2. The van der Waals surface area contributed by atoms with Crippen LogP contribution in [0, 0.1) is 23.5 Å². The van der Waals surface area contributed by atoms with Gasteiger partial charge in [-0.3, -0.25) is 14.0 Å². The van der Waals surface area contributed by atoms with Gasteiger partial charge >= 0.3 is 0 Å². The first kappa shape index (κ1) is 25.3. The van der Waals surface area contributed by atoms with Gasteiger partial charge in [-0.15, -0.1) is 11.3 Å². The minimum absolute atomic E-state index is 0.0140. The Kier molecular flexibility index (Phi) is 6.34. The fourth-order valence-corrected chi connectivity index (χ4v) is 4.66. The number of hydrogen-bond acceptors (Lipinski definition) is 7. The van der Waals surface area contributed by atoms with E-state index in [0.29, 0.717) is 21.9 Å². The second-order valence-corrected chi connectivity index (χ2v) is 9.95. The summed E-state index contributed by atoms with van der Waals surface area (Å²) in [6.45, 7) is 2.93. The lowest BCUT2D eigenvalue weighted by Crippen LogP contribution is -2.49. The molecular weight excluding hydrogens is 516 g/mol. The Balaban J connectivity index is 1.36. The molecule has 5 rings (SSSR count). The van der Waals surface area contributed by atoms with Crippen LogP contribution in [-0.2, 0) is 4.79 Å². The van der Waals surface area contributed by atoms with E-state index in [9.17, 15) is 23.5 Å². The molecule has 4 heterocycles. The highest BCUT2D eigenvalue weighted by molar-refractivity contribution is 7.15. The van der Waals surface area contributed by atoms with Crippen molar-refractivity contribution >= 4 is 33.8 Å². The number of imidazole rings is 1. The average Bonchev–Trinajstić information content (AvgIpc) is 3.43. The normalized spacial score (nSPS) is 15.4. The summed E-state index contributed by atoms with van der Waals surface area (Å²) >= 11 is 1.19. The number of benzene rings is 1. The number of thiazole rings is 1. The number of carbonyl (C=O) groups excluding carboxylic acids is 2. The molecule has 0 spiro atoms. The van der Waals surface area contributed by atoms with Gasteiger partial charge in [0, 0.05) is 42.0 Å². The van der Waals surface area contributed by atoms with E-state index in [1.54, 1.807) is 25.3 Å². The number of anilines is 1. The Labute approximate surface area is 219 Å². The Morgan fingerprint density at radius 3 is 2.84 bits per heavy atom. The Bertz CT molecular complexity index is 1650. The van der Waals surface area contributed by atoms with Crippen LogP contribution in [0.1, 0.15) is 29.9 Å². The van der Waals surface area contributed by atoms with Crippen molar-refractivity contribution in [3.05, 3.63) is 64.9 Å². The summed E-state index contributed by atoms with van der Waals surface area (Å²) in [5, 5.41) is 14.1. The van der Waals surface area contributed by atoms with Gasteiger partial charge in [0.15, 0.2) is 4.96 Å². The molecule has 2 N–H and O–H groups in total. The SMILES string of the molecule is CN1C(=O)[C@@H](NC(=O)c2cn3c(-c4ccc(F)cc4F)csc3n2)COc2ncc(C#CC(C)(C)O)cc21. The molecule has 0 radical (unpaired) electrons. The first-order valence-corrected chi connectivity index (χ1v) is 12.3. The van der Waals surface area contributed by atoms with Crippen LogP contribution < -0.4 is 15.0 Å². The lowest BCUT2D eigenvalue weighted by Gasteiger charge is -2.20. The van der Waals surface area contributed by atoms with Crippen LogP contribution in [0.15, 0.2) is 42.0 Å². The zero-order chi connectivity index (χ0) is 27.2. The van der Waals surface area contributed by atoms with E-state index >= 15 is 0 Å². The number of pyridine rings is 1. The summed E-state index contributed by atoms with van der Waals surface area (Å²) in [5.74, 6) is 3.19. The van der Waals surface area contributed by atoms with Gasteiger partial charge in [0.2, 0.25) is 5.88 Å². The number of aromatic nitrogens is 3. The second-order valence-electron chi connectivity index (χ2n) is 9.12. The lowest BCUT2D eigenvalue weighted by atomic mass is 10.1. The number of ether oxygens (including phenoxy) is 1. The zero-order valence-corrected chi connectivity index (χ0v) is 21.3. The summed E-state index contributed by atoms with van der Waals surface area (Å²) in [5.41, 5.74) is 0.224. The van der Waals surface area contributed by atoms with Crippen LogP contribution in [-0.4, -0.2) is 56.6 Å². The summed E-state index contributed by atoms with van der Waals surface area (Å²) < 4.78 is 34.9. The highest BCUT2D eigenvalue weighted by Gasteiger charge is 2.32. The first-order chi connectivity index (χ1) is 18.0. The van der Waals surface area contributed by atoms with Gasteiger partial charge in [-0.2, -0.15) is 0 Å². The van der Waals surface area contributed by atoms with Gasteiger partial charge < -0.3 is 20.1 Å². The van der Waals surface area contributed by atoms with E-state index in [1.165, 1.54) is 46.1 Å². The van der Waals surface area contributed by atoms with E-state index in [0.717, 1.165) is 12.1 Å². The van der Waals surface area contributed by atoms with Crippen molar-refractivity contribution in [3.8, 4) is 29.0 Å². The van der Waals surface area contributed by atoms with E-state index < -0.39 is 35.1 Å². The maximum absolute atomic E-state index is 14.3. The van der Waals surface area contributed by atoms with Crippen molar-refractivity contribution in [2.45, 2.75) is 25.5 Å². The van der Waals surface area contributed by atoms with Crippen molar-refractivity contribution in [2.24, 2.45) is 0 Å². The summed E-state index contributed by atoms with van der Waals surface area (Å²) in [6.07, 6.45) is 2.89. The van der Waals surface area contributed by atoms with Crippen LogP contribution in [0.5, 0.6) is 5.88 Å². The molecule has 0 fully saturated rings. The molecule has 4 aromatic rings. The third-order valence-corrected chi connectivity index (χ3v) is 6.52. The van der Waals surface area contributed by atoms with E-state index in [-0.39, 0.29) is 23.7 Å². The molecule has 194 valence electrons. The Morgan fingerprint density at radius 2 is 2.11 bits per heavy atom. The van der Waals surface area contributed by atoms with Gasteiger partial charge in [0.1, 0.15) is 41.3 Å². The van der Waals surface area contributed by atoms with Crippen molar-refractivity contribution in [1.82, 2.24) is 19.7 Å². The smallest absolute Gasteiger partial charge is 0.272 e. The number of amides is 2. The molecule has 1 aliphatic heterocycles. The molecule has 0 saturated carbocycles. The number of halogens is 2. The first-order valence-electron chi connectivity index (χ1n) is 11.4. The quantitative estimate of drug-likeness (QED) is 0.389. The molecule has 1 aromatic carbocycles. The average molecular weight is 538 g/mol. The fraction of sp³-hybridized carbons (Fsp3) is 0.231. The minimum atomic E-state index is -1.20. The van der Waals surface area contributed by atoms with Crippen molar-refractivity contribution in [2.75, 3.05) is 18.6 Å². The third-order valence-electron chi connectivity index (χ3n) is 5.68. The molecule has 0 saturated heterocycles. The predicted molar refractivity (Wildman–Crippen MR) is 136 cm³/mol. The molecule has 1 atom stereocenters. The topological polar surface area (TPSA) is 109 Å². The van der Waals surface area contributed by atoms with Gasteiger partial charge in [0.05, 0.1) is 5.69 Å². The number of rotatable bonds is 3. The summed E-state index contributed by atoms with van der Waals surface area (Å²) in [6, 6.07) is 3.82. The van der Waals surface area contributed by atoms with Crippen molar-refractivity contribution < 1.29 is 28.2 Å². The predicted octanol–water partition coefficient (Wildman–Crippen LogP) is 3.01. The molecule has 9 nitrogen and oxygen atoms in total. The monoisotopic (exact) mass is 537 g/mol. The standard InChI is InChI=1S/C26H21F2N5O4S/c1-26(2,36)7-6-14-8-20-23(29-10-14)37-12-19(24(35)32(20)3)30-22(34)18-11-33-21(13-38-25(33)31-18)16-5-4-15(27)9-17(16)28/h4-5,8-11,13,19,36H,12H2,1-3H3,(H,30,34)/t19-/m0/s1. The molecule has 0 bridgehead atoms. The minimum Gasteiger partial charge on any atom is -0.473 e. The van der Waals surface area contributed by atoms with Crippen LogP contribution in [0.4, 0.5) is 14.5 Å². The van der Waals surface area contributed by atoms with Crippen LogP contribution >= 0.6 is 11.3 Å². The summed E-state index contributed by atoms with van der Waals surface area (Å²) in [7, 11) is 1.53. The van der Waals surface area contributed by atoms with Gasteiger partial charge in [-0.25, -0.2) is 18.7 Å². The molecule has 0 unspecified atom stereocenters. The van der Waals surface area contributed by atoms with E-state index in [1.807, 2.05) is 0 Å². The number of nitrogens with one attached hydrogen (secondary N) is 1.